The highest BCUT2D eigenvalue weighted by atomic mass is 16.3. The predicted octanol–water partition coefficient (Wildman–Crippen LogP) is 2.03. The fourth-order valence-electron chi connectivity index (χ4n) is 1.12. The highest BCUT2D eigenvalue weighted by Gasteiger charge is 2.13. The average Bonchev–Trinajstić information content (AvgIpc) is 2.15. The van der Waals surface area contributed by atoms with Crippen LogP contribution in [-0.4, -0.2) is 22.4 Å². The molecule has 2 atom stereocenters. The predicted molar refractivity (Wildman–Crippen MR) is 55.5 cm³/mol. The summed E-state index contributed by atoms with van der Waals surface area (Å²) in [6, 6.07) is 0. The molecule has 0 saturated heterocycles. The van der Waals surface area contributed by atoms with Crippen molar-refractivity contribution in [2.75, 3.05) is 0 Å². The average molecular weight is 184 g/mol. The van der Waals surface area contributed by atoms with Crippen molar-refractivity contribution in [3.63, 3.8) is 0 Å². The van der Waals surface area contributed by atoms with Crippen LogP contribution in [0.4, 0.5) is 0 Å². The first kappa shape index (κ1) is 12.4. The zero-order chi connectivity index (χ0) is 10.3. The van der Waals surface area contributed by atoms with Crippen LogP contribution in [0.1, 0.15) is 32.6 Å². The molecule has 0 aliphatic rings. The van der Waals surface area contributed by atoms with Crippen LogP contribution >= 0.6 is 0 Å². The molecule has 0 aliphatic carbocycles. The summed E-state index contributed by atoms with van der Waals surface area (Å²) in [5.74, 6) is 0. The summed E-state index contributed by atoms with van der Waals surface area (Å²) < 4.78 is 0. The number of hydrogen-bond donors (Lipinski definition) is 2. The standard InChI is InChI=1S/C11H20O2/c1-4-6-7-8-11(13)9(3)10(12)5-2/h5,10-13H,2-4,6-8H2,1H3. The van der Waals surface area contributed by atoms with Crippen molar-refractivity contribution in [3.05, 3.63) is 24.8 Å². The lowest BCUT2D eigenvalue weighted by molar-refractivity contribution is 0.156. The first-order valence-corrected chi connectivity index (χ1v) is 4.80. The SMILES string of the molecule is C=CC(O)C(=C)C(O)CCCCC. The molecule has 0 bridgehead atoms. The fourth-order valence-corrected chi connectivity index (χ4v) is 1.12. The van der Waals surface area contributed by atoms with Gasteiger partial charge in [-0.25, -0.2) is 0 Å². The van der Waals surface area contributed by atoms with E-state index >= 15 is 0 Å². The van der Waals surface area contributed by atoms with E-state index in [0.717, 1.165) is 19.3 Å². The second-order valence-electron chi connectivity index (χ2n) is 3.27. The van der Waals surface area contributed by atoms with Gasteiger partial charge in [-0.15, -0.1) is 6.58 Å². The second kappa shape index (κ2) is 6.87. The summed E-state index contributed by atoms with van der Waals surface area (Å²) in [5, 5.41) is 18.8. The first-order chi connectivity index (χ1) is 6.13. The molecular formula is C11H20O2. The Labute approximate surface area is 80.6 Å². The third kappa shape index (κ3) is 4.86. The van der Waals surface area contributed by atoms with E-state index in [0.29, 0.717) is 12.0 Å². The first-order valence-electron chi connectivity index (χ1n) is 4.80. The molecule has 2 N–H and O–H groups in total. The van der Waals surface area contributed by atoms with Crippen LogP contribution in [-0.2, 0) is 0 Å². The van der Waals surface area contributed by atoms with Crippen molar-refractivity contribution in [1.29, 1.82) is 0 Å². The molecular weight excluding hydrogens is 164 g/mol. The van der Waals surface area contributed by atoms with Gasteiger partial charge in [0, 0.05) is 0 Å². The maximum Gasteiger partial charge on any atom is 0.0951 e. The monoisotopic (exact) mass is 184 g/mol. The van der Waals surface area contributed by atoms with Gasteiger partial charge in [0.2, 0.25) is 0 Å². The maximum absolute atomic E-state index is 9.54. The third-order valence-corrected chi connectivity index (χ3v) is 2.11. The summed E-state index contributed by atoms with van der Waals surface area (Å²) in [6.07, 6.45) is 3.89. The summed E-state index contributed by atoms with van der Waals surface area (Å²) in [6.45, 7) is 9.18. The maximum atomic E-state index is 9.54. The second-order valence-corrected chi connectivity index (χ2v) is 3.27. The molecule has 13 heavy (non-hydrogen) atoms. The van der Waals surface area contributed by atoms with Crippen molar-refractivity contribution >= 4 is 0 Å². The van der Waals surface area contributed by atoms with E-state index in [2.05, 4.69) is 20.1 Å². The van der Waals surface area contributed by atoms with E-state index in [9.17, 15) is 10.2 Å². The number of aliphatic hydroxyl groups is 2. The van der Waals surface area contributed by atoms with Crippen LogP contribution in [0.2, 0.25) is 0 Å². The number of hydrogen-bond acceptors (Lipinski definition) is 2. The highest BCUT2D eigenvalue weighted by molar-refractivity contribution is 5.13. The Morgan fingerprint density at radius 3 is 2.46 bits per heavy atom. The van der Waals surface area contributed by atoms with Crippen LogP contribution in [0.5, 0.6) is 0 Å². The summed E-state index contributed by atoms with van der Waals surface area (Å²) >= 11 is 0. The van der Waals surface area contributed by atoms with E-state index in [1.807, 2.05) is 0 Å². The molecule has 76 valence electrons. The lowest BCUT2D eigenvalue weighted by Gasteiger charge is -2.16. The van der Waals surface area contributed by atoms with Crippen LogP contribution < -0.4 is 0 Å². The minimum atomic E-state index is -0.781. The fraction of sp³-hybridized carbons (Fsp3) is 0.636. The molecule has 0 radical (unpaired) electrons. The van der Waals surface area contributed by atoms with Gasteiger partial charge in [-0.1, -0.05) is 38.8 Å². The third-order valence-electron chi connectivity index (χ3n) is 2.11. The topological polar surface area (TPSA) is 40.5 Å². The van der Waals surface area contributed by atoms with E-state index in [-0.39, 0.29) is 0 Å². The number of unbranched alkanes of at least 4 members (excludes halogenated alkanes) is 2. The van der Waals surface area contributed by atoms with Crippen molar-refractivity contribution in [2.45, 2.75) is 44.8 Å². The smallest absolute Gasteiger partial charge is 0.0951 e. The van der Waals surface area contributed by atoms with Gasteiger partial charge >= 0.3 is 0 Å². The van der Waals surface area contributed by atoms with Gasteiger partial charge in [0.15, 0.2) is 0 Å². The quantitative estimate of drug-likeness (QED) is 0.469. The van der Waals surface area contributed by atoms with E-state index in [1.165, 1.54) is 6.08 Å². The molecule has 0 rings (SSSR count). The Balaban J connectivity index is 3.75. The van der Waals surface area contributed by atoms with Gasteiger partial charge in [0.1, 0.15) is 0 Å². The van der Waals surface area contributed by atoms with Crippen LogP contribution in [0, 0.1) is 0 Å². The molecule has 0 aromatic heterocycles. The van der Waals surface area contributed by atoms with Gasteiger partial charge in [0.25, 0.3) is 0 Å². The molecule has 0 fully saturated rings. The summed E-state index contributed by atoms with van der Waals surface area (Å²) in [5.41, 5.74) is 0.450. The molecule has 0 spiro atoms. The number of aliphatic hydroxyl groups excluding tert-OH is 2. The molecule has 0 amide bonds. The van der Waals surface area contributed by atoms with E-state index < -0.39 is 12.2 Å². The molecule has 0 aliphatic heterocycles. The van der Waals surface area contributed by atoms with Gasteiger partial charge in [0.05, 0.1) is 12.2 Å². The zero-order valence-corrected chi connectivity index (χ0v) is 8.37. The van der Waals surface area contributed by atoms with Crippen LogP contribution in [0.3, 0.4) is 0 Å². The van der Waals surface area contributed by atoms with Crippen LogP contribution in [0.25, 0.3) is 0 Å². The Kier molecular flexibility index (Phi) is 6.55. The molecule has 0 heterocycles. The van der Waals surface area contributed by atoms with Crippen molar-refractivity contribution in [3.8, 4) is 0 Å². The molecule has 2 heteroatoms. The Bertz CT molecular complexity index is 163. The van der Waals surface area contributed by atoms with Crippen molar-refractivity contribution in [1.82, 2.24) is 0 Å². The minimum absolute atomic E-state index is 0.450. The largest absolute Gasteiger partial charge is 0.389 e. The molecule has 0 aromatic rings. The summed E-state index contributed by atoms with van der Waals surface area (Å²) in [7, 11) is 0. The van der Waals surface area contributed by atoms with Crippen LogP contribution in [0.15, 0.2) is 24.8 Å². The lowest BCUT2D eigenvalue weighted by atomic mass is 10.0. The number of rotatable bonds is 7. The minimum Gasteiger partial charge on any atom is -0.389 e. The molecule has 2 unspecified atom stereocenters. The van der Waals surface area contributed by atoms with Gasteiger partial charge in [-0.3, -0.25) is 0 Å². The van der Waals surface area contributed by atoms with Crippen molar-refractivity contribution < 1.29 is 10.2 Å². The lowest BCUT2D eigenvalue weighted by Crippen LogP contribution is -2.19. The molecule has 0 saturated carbocycles. The summed E-state index contributed by atoms with van der Waals surface area (Å²) in [4.78, 5) is 0. The van der Waals surface area contributed by atoms with E-state index in [4.69, 9.17) is 0 Å². The Morgan fingerprint density at radius 1 is 1.38 bits per heavy atom. The zero-order valence-electron chi connectivity index (χ0n) is 8.37. The normalized spacial score (nSPS) is 15.0. The Morgan fingerprint density at radius 2 is 2.00 bits per heavy atom. The van der Waals surface area contributed by atoms with Crippen molar-refractivity contribution in [2.24, 2.45) is 0 Å². The van der Waals surface area contributed by atoms with Gasteiger partial charge in [-0.05, 0) is 12.0 Å². The van der Waals surface area contributed by atoms with Gasteiger partial charge in [-0.2, -0.15) is 0 Å². The molecule has 0 aromatic carbocycles. The highest BCUT2D eigenvalue weighted by Crippen LogP contribution is 2.13. The molecule has 2 nitrogen and oxygen atoms in total. The van der Waals surface area contributed by atoms with E-state index in [1.54, 1.807) is 0 Å². The Hall–Kier alpha value is -0.600. The van der Waals surface area contributed by atoms with Gasteiger partial charge < -0.3 is 10.2 Å².